The van der Waals surface area contributed by atoms with Gasteiger partial charge in [0.25, 0.3) is 0 Å². The number of amidine groups is 1. The van der Waals surface area contributed by atoms with Crippen LogP contribution in [0.15, 0.2) is 35.3 Å². The molecule has 1 aromatic rings. The molecule has 0 aromatic heterocycles. The molecule has 0 aliphatic heterocycles. The highest BCUT2D eigenvalue weighted by Crippen LogP contribution is 1.97. The number of nitrogens with two attached hydrogens (primary N) is 1. The van der Waals surface area contributed by atoms with E-state index in [0.717, 1.165) is 39.1 Å². The molecule has 0 unspecified atom stereocenters. The van der Waals surface area contributed by atoms with Crippen molar-refractivity contribution in [1.82, 2.24) is 5.32 Å². The number of aliphatic imine (C=N–C) groups is 1. The SMILES string of the molecule is CCOCCC(N)=NCCCNCc1ccccc1. The maximum atomic E-state index is 5.77. The van der Waals surface area contributed by atoms with Crippen molar-refractivity contribution >= 4 is 5.84 Å². The van der Waals surface area contributed by atoms with Crippen molar-refractivity contribution in [2.45, 2.75) is 26.3 Å². The largest absolute Gasteiger partial charge is 0.387 e. The maximum absolute atomic E-state index is 5.77. The van der Waals surface area contributed by atoms with Gasteiger partial charge in [-0.2, -0.15) is 0 Å². The Morgan fingerprint density at radius 3 is 2.84 bits per heavy atom. The minimum atomic E-state index is 0.665. The molecule has 0 radical (unpaired) electrons. The van der Waals surface area contributed by atoms with E-state index in [1.54, 1.807) is 0 Å². The molecule has 0 aliphatic carbocycles. The first-order valence-corrected chi connectivity index (χ1v) is 6.94. The highest BCUT2D eigenvalue weighted by atomic mass is 16.5. The lowest BCUT2D eigenvalue weighted by Crippen LogP contribution is -2.18. The summed E-state index contributed by atoms with van der Waals surface area (Å²) in [6.45, 7) is 6.02. The van der Waals surface area contributed by atoms with Gasteiger partial charge in [-0.15, -0.1) is 0 Å². The first kappa shape index (κ1) is 15.7. The fourth-order valence-electron chi connectivity index (χ4n) is 1.66. The Morgan fingerprint density at radius 2 is 2.11 bits per heavy atom. The smallest absolute Gasteiger partial charge is 0.0960 e. The van der Waals surface area contributed by atoms with E-state index >= 15 is 0 Å². The average molecular weight is 263 g/mol. The summed E-state index contributed by atoms with van der Waals surface area (Å²) in [5.74, 6) is 0.691. The molecule has 0 saturated heterocycles. The molecule has 0 atom stereocenters. The minimum Gasteiger partial charge on any atom is -0.387 e. The van der Waals surface area contributed by atoms with Gasteiger partial charge in [0, 0.05) is 26.1 Å². The molecule has 106 valence electrons. The molecule has 0 amide bonds. The summed E-state index contributed by atoms with van der Waals surface area (Å²) in [4.78, 5) is 4.31. The van der Waals surface area contributed by atoms with Gasteiger partial charge in [0.2, 0.25) is 0 Å². The third kappa shape index (κ3) is 8.35. The van der Waals surface area contributed by atoms with Crippen LogP contribution in [-0.2, 0) is 11.3 Å². The average Bonchev–Trinajstić information content (AvgIpc) is 2.44. The van der Waals surface area contributed by atoms with Crippen LogP contribution in [0.1, 0.15) is 25.3 Å². The van der Waals surface area contributed by atoms with E-state index in [1.165, 1.54) is 5.56 Å². The van der Waals surface area contributed by atoms with Crippen molar-refractivity contribution in [3.05, 3.63) is 35.9 Å². The molecule has 0 fully saturated rings. The molecule has 1 aromatic carbocycles. The Kier molecular flexibility index (Phi) is 8.68. The summed E-state index contributed by atoms with van der Waals surface area (Å²) in [6, 6.07) is 10.4. The van der Waals surface area contributed by atoms with Crippen LogP contribution in [0.4, 0.5) is 0 Å². The van der Waals surface area contributed by atoms with Crippen molar-refractivity contribution in [2.24, 2.45) is 10.7 Å². The van der Waals surface area contributed by atoms with Crippen LogP contribution in [0.5, 0.6) is 0 Å². The molecule has 0 aliphatic rings. The summed E-state index contributed by atoms with van der Waals surface area (Å²) in [6.07, 6.45) is 1.73. The summed E-state index contributed by atoms with van der Waals surface area (Å²) >= 11 is 0. The first-order valence-electron chi connectivity index (χ1n) is 6.94. The molecular formula is C15H25N3O. The number of nitrogens with one attached hydrogen (secondary N) is 1. The lowest BCUT2D eigenvalue weighted by Gasteiger charge is -2.04. The summed E-state index contributed by atoms with van der Waals surface area (Å²) in [5, 5.41) is 3.39. The lowest BCUT2D eigenvalue weighted by molar-refractivity contribution is 0.155. The van der Waals surface area contributed by atoms with Crippen molar-refractivity contribution in [2.75, 3.05) is 26.3 Å². The normalized spacial score (nSPS) is 11.7. The van der Waals surface area contributed by atoms with Gasteiger partial charge in [0.15, 0.2) is 0 Å². The first-order chi connectivity index (χ1) is 9.33. The van der Waals surface area contributed by atoms with Crippen LogP contribution in [0.25, 0.3) is 0 Å². The molecule has 4 nitrogen and oxygen atoms in total. The van der Waals surface area contributed by atoms with Gasteiger partial charge in [-0.05, 0) is 25.5 Å². The zero-order chi connectivity index (χ0) is 13.8. The fourth-order valence-corrected chi connectivity index (χ4v) is 1.66. The second-order valence-electron chi connectivity index (χ2n) is 4.34. The number of benzene rings is 1. The highest BCUT2D eigenvalue weighted by Gasteiger charge is 1.93. The van der Waals surface area contributed by atoms with E-state index in [-0.39, 0.29) is 0 Å². The van der Waals surface area contributed by atoms with Crippen LogP contribution in [-0.4, -0.2) is 32.1 Å². The minimum absolute atomic E-state index is 0.665. The van der Waals surface area contributed by atoms with Crippen LogP contribution in [0.2, 0.25) is 0 Å². The van der Waals surface area contributed by atoms with Crippen LogP contribution in [0.3, 0.4) is 0 Å². The van der Waals surface area contributed by atoms with E-state index in [2.05, 4.69) is 34.6 Å². The van der Waals surface area contributed by atoms with Gasteiger partial charge >= 0.3 is 0 Å². The second kappa shape index (κ2) is 10.5. The molecular weight excluding hydrogens is 238 g/mol. The van der Waals surface area contributed by atoms with E-state index in [1.807, 2.05) is 13.0 Å². The van der Waals surface area contributed by atoms with Gasteiger partial charge in [0.1, 0.15) is 0 Å². The lowest BCUT2D eigenvalue weighted by atomic mass is 10.2. The number of rotatable bonds is 10. The van der Waals surface area contributed by atoms with Crippen LogP contribution >= 0.6 is 0 Å². The van der Waals surface area contributed by atoms with Crippen molar-refractivity contribution < 1.29 is 4.74 Å². The number of hydrogen-bond acceptors (Lipinski definition) is 3. The second-order valence-corrected chi connectivity index (χ2v) is 4.34. The van der Waals surface area contributed by atoms with Gasteiger partial charge in [-0.25, -0.2) is 0 Å². The summed E-state index contributed by atoms with van der Waals surface area (Å²) in [5.41, 5.74) is 7.08. The summed E-state index contributed by atoms with van der Waals surface area (Å²) < 4.78 is 5.22. The number of ether oxygens (including phenoxy) is 1. The van der Waals surface area contributed by atoms with Crippen LogP contribution in [0, 0.1) is 0 Å². The van der Waals surface area contributed by atoms with E-state index in [9.17, 15) is 0 Å². The topological polar surface area (TPSA) is 59.6 Å². The molecule has 0 saturated carbocycles. The molecule has 4 heteroatoms. The Hall–Kier alpha value is -1.39. The predicted molar refractivity (Wildman–Crippen MR) is 80.4 cm³/mol. The number of nitrogens with zero attached hydrogens (tertiary/aromatic N) is 1. The fraction of sp³-hybridized carbons (Fsp3) is 0.533. The van der Waals surface area contributed by atoms with Crippen molar-refractivity contribution in [1.29, 1.82) is 0 Å². The van der Waals surface area contributed by atoms with Gasteiger partial charge in [0.05, 0.1) is 12.4 Å². The zero-order valence-corrected chi connectivity index (χ0v) is 11.8. The third-order valence-electron chi connectivity index (χ3n) is 2.71. The Morgan fingerprint density at radius 1 is 1.32 bits per heavy atom. The Bertz CT molecular complexity index is 352. The standard InChI is InChI=1S/C15H25N3O/c1-2-19-12-9-15(16)18-11-6-10-17-13-14-7-4-3-5-8-14/h3-5,7-8,17H,2,6,9-13H2,1H3,(H2,16,18). The number of hydrogen-bond donors (Lipinski definition) is 2. The predicted octanol–water partition coefficient (Wildman–Crippen LogP) is 1.95. The molecule has 1 rings (SSSR count). The highest BCUT2D eigenvalue weighted by molar-refractivity contribution is 5.80. The quantitative estimate of drug-likeness (QED) is 0.385. The third-order valence-corrected chi connectivity index (χ3v) is 2.71. The van der Waals surface area contributed by atoms with Crippen molar-refractivity contribution in [3.8, 4) is 0 Å². The molecule has 0 spiro atoms. The zero-order valence-electron chi connectivity index (χ0n) is 11.8. The van der Waals surface area contributed by atoms with Crippen molar-refractivity contribution in [3.63, 3.8) is 0 Å². The maximum Gasteiger partial charge on any atom is 0.0960 e. The van der Waals surface area contributed by atoms with E-state index in [4.69, 9.17) is 10.5 Å². The van der Waals surface area contributed by atoms with E-state index in [0.29, 0.717) is 12.4 Å². The monoisotopic (exact) mass is 263 g/mol. The molecule has 0 bridgehead atoms. The van der Waals surface area contributed by atoms with Gasteiger partial charge in [-0.3, -0.25) is 4.99 Å². The van der Waals surface area contributed by atoms with E-state index < -0.39 is 0 Å². The Labute approximate surface area is 116 Å². The summed E-state index contributed by atoms with van der Waals surface area (Å²) in [7, 11) is 0. The van der Waals surface area contributed by atoms with Gasteiger partial charge < -0.3 is 15.8 Å². The van der Waals surface area contributed by atoms with Crippen LogP contribution < -0.4 is 11.1 Å². The Balaban J connectivity index is 2.00. The molecule has 3 N–H and O–H groups in total. The molecule has 0 heterocycles. The van der Waals surface area contributed by atoms with Gasteiger partial charge in [-0.1, -0.05) is 30.3 Å². The molecule has 19 heavy (non-hydrogen) atoms.